The molecule has 146 valence electrons. The summed E-state index contributed by atoms with van der Waals surface area (Å²) in [5.41, 5.74) is 0.667. The molecule has 1 N–H and O–H groups in total. The van der Waals surface area contributed by atoms with Crippen molar-refractivity contribution in [2.75, 3.05) is 4.72 Å². The normalized spacial score (nSPS) is 11.2. The Balaban J connectivity index is 1.62. The highest BCUT2D eigenvalue weighted by atomic mass is 32.2. The first-order valence-electron chi connectivity index (χ1n) is 8.64. The number of nitrogens with zero attached hydrogens (tertiary/aromatic N) is 2. The average molecular weight is 401 g/mol. The van der Waals surface area contributed by atoms with Gasteiger partial charge in [0.15, 0.2) is 12.4 Å². The number of aromatic nitrogens is 2. The maximum absolute atomic E-state index is 12.4. The van der Waals surface area contributed by atoms with Gasteiger partial charge in [-0.1, -0.05) is 30.3 Å². The van der Waals surface area contributed by atoms with Crippen molar-refractivity contribution < 1.29 is 22.5 Å². The van der Waals surface area contributed by atoms with Crippen LogP contribution in [0.3, 0.4) is 0 Å². The van der Waals surface area contributed by atoms with Crippen molar-refractivity contribution in [1.29, 1.82) is 0 Å². The van der Waals surface area contributed by atoms with Crippen LogP contribution in [0.2, 0.25) is 0 Å². The van der Waals surface area contributed by atoms with Crippen molar-refractivity contribution in [3.8, 4) is 0 Å². The lowest BCUT2D eigenvalue weighted by molar-refractivity contribution is 0.0429. The Morgan fingerprint density at radius 2 is 1.82 bits per heavy atom. The van der Waals surface area contributed by atoms with E-state index in [1.165, 1.54) is 24.3 Å². The van der Waals surface area contributed by atoms with E-state index in [4.69, 9.17) is 9.26 Å². The summed E-state index contributed by atoms with van der Waals surface area (Å²) in [6, 6.07) is 14.0. The number of ether oxygens (including phenoxy) is 1. The number of hydrogen-bond donors (Lipinski definition) is 1. The summed E-state index contributed by atoms with van der Waals surface area (Å²) < 4.78 is 37.4. The minimum atomic E-state index is -3.75. The monoisotopic (exact) mass is 401 g/mol. The molecule has 3 aromatic rings. The average Bonchev–Trinajstić information content (AvgIpc) is 3.14. The van der Waals surface area contributed by atoms with Gasteiger partial charge in [-0.25, -0.2) is 13.2 Å². The first kappa shape index (κ1) is 19.6. The Labute approximate surface area is 162 Å². The number of esters is 1. The van der Waals surface area contributed by atoms with Crippen molar-refractivity contribution in [2.24, 2.45) is 0 Å². The van der Waals surface area contributed by atoms with Crippen LogP contribution in [0.4, 0.5) is 5.69 Å². The fraction of sp³-hybridized carbons (Fsp3) is 0.211. The van der Waals surface area contributed by atoms with Crippen LogP contribution in [-0.4, -0.2) is 24.5 Å². The summed E-state index contributed by atoms with van der Waals surface area (Å²) in [6.45, 7) is 1.85. The molecule has 0 unspecified atom stereocenters. The molecule has 0 aliphatic rings. The number of sulfonamides is 1. The molecule has 0 radical (unpaired) electrons. The molecule has 1 aromatic heterocycles. The third-order valence-corrected chi connectivity index (χ3v) is 5.13. The third kappa shape index (κ3) is 4.95. The third-order valence-electron chi connectivity index (χ3n) is 3.74. The second-order valence-corrected chi connectivity index (χ2v) is 7.61. The summed E-state index contributed by atoms with van der Waals surface area (Å²) >= 11 is 0. The highest BCUT2D eigenvalue weighted by molar-refractivity contribution is 7.92. The Kier molecular flexibility index (Phi) is 6.05. The van der Waals surface area contributed by atoms with Gasteiger partial charge in [0.05, 0.1) is 10.5 Å². The van der Waals surface area contributed by atoms with E-state index in [1.807, 2.05) is 6.92 Å². The lowest BCUT2D eigenvalue weighted by Gasteiger charge is -2.08. The zero-order chi connectivity index (χ0) is 20.0. The first-order valence-corrected chi connectivity index (χ1v) is 10.1. The van der Waals surface area contributed by atoms with E-state index in [1.54, 1.807) is 30.3 Å². The lowest BCUT2D eigenvalue weighted by atomic mass is 10.2. The van der Waals surface area contributed by atoms with Crippen molar-refractivity contribution >= 4 is 21.7 Å². The molecule has 0 atom stereocenters. The van der Waals surface area contributed by atoms with Crippen LogP contribution in [0.5, 0.6) is 0 Å². The van der Waals surface area contributed by atoms with E-state index in [0.717, 1.165) is 6.42 Å². The van der Waals surface area contributed by atoms with E-state index in [2.05, 4.69) is 14.9 Å². The van der Waals surface area contributed by atoms with Gasteiger partial charge in [-0.3, -0.25) is 4.72 Å². The molecule has 0 saturated carbocycles. The number of nitrogens with one attached hydrogen (secondary N) is 1. The van der Waals surface area contributed by atoms with Crippen LogP contribution in [0.1, 0.15) is 35.4 Å². The standard InChI is InChI=1S/C19H19N3O5S/c1-2-6-17-20-18(27-21-17)13-26-19(23)14-9-11-16(12-10-14)28(24,25)22-15-7-4-3-5-8-15/h3-5,7-12,22H,2,6,13H2,1H3. The van der Waals surface area contributed by atoms with Gasteiger partial charge in [0.1, 0.15) is 0 Å². The van der Waals surface area contributed by atoms with Crippen LogP contribution in [-0.2, 0) is 27.8 Å². The van der Waals surface area contributed by atoms with Gasteiger partial charge in [-0.15, -0.1) is 0 Å². The summed E-state index contributed by atoms with van der Waals surface area (Å²) in [7, 11) is -3.75. The quantitative estimate of drug-likeness (QED) is 0.577. The number of benzene rings is 2. The highest BCUT2D eigenvalue weighted by Crippen LogP contribution is 2.17. The Morgan fingerprint density at radius 1 is 1.11 bits per heavy atom. The van der Waals surface area contributed by atoms with E-state index in [0.29, 0.717) is 17.9 Å². The Hall–Kier alpha value is -3.20. The minimum absolute atomic E-state index is 0.0361. The van der Waals surface area contributed by atoms with Crippen molar-refractivity contribution in [3.05, 3.63) is 71.9 Å². The topological polar surface area (TPSA) is 111 Å². The molecule has 0 fully saturated rings. The van der Waals surface area contributed by atoms with Gasteiger partial charge in [0.2, 0.25) is 0 Å². The van der Waals surface area contributed by atoms with Gasteiger partial charge in [-0.05, 0) is 42.8 Å². The SMILES string of the molecule is CCCc1noc(COC(=O)c2ccc(S(=O)(=O)Nc3ccccc3)cc2)n1. The Morgan fingerprint density at radius 3 is 2.50 bits per heavy atom. The second-order valence-electron chi connectivity index (χ2n) is 5.93. The molecule has 3 rings (SSSR count). The molecule has 1 heterocycles. The van der Waals surface area contributed by atoms with Crippen LogP contribution < -0.4 is 4.72 Å². The first-order chi connectivity index (χ1) is 13.5. The maximum Gasteiger partial charge on any atom is 0.338 e. The number of carbonyl (C=O) groups is 1. The van der Waals surface area contributed by atoms with Crippen LogP contribution in [0.25, 0.3) is 0 Å². The smallest absolute Gasteiger partial charge is 0.338 e. The zero-order valence-corrected chi connectivity index (χ0v) is 16.0. The van der Waals surface area contributed by atoms with Crippen LogP contribution in [0.15, 0.2) is 64.0 Å². The number of aryl methyl sites for hydroxylation is 1. The molecule has 2 aromatic carbocycles. The van der Waals surface area contributed by atoms with Gasteiger partial charge >= 0.3 is 5.97 Å². The molecule has 0 aliphatic carbocycles. The number of anilines is 1. The summed E-state index contributed by atoms with van der Waals surface area (Å²) in [5.74, 6) is 0.160. The molecule has 0 bridgehead atoms. The Bertz CT molecular complexity index is 1030. The van der Waals surface area contributed by atoms with E-state index in [9.17, 15) is 13.2 Å². The molecule has 0 spiro atoms. The largest absolute Gasteiger partial charge is 0.452 e. The fourth-order valence-corrected chi connectivity index (χ4v) is 3.43. The number of carbonyl (C=O) groups excluding carboxylic acids is 1. The molecule has 28 heavy (non-hydrogen) atoms. The summed E-state index contributed by atoms with van der Waals surface area (Å²) in [4.78, 5) is 16.3. The van der Waals surface area contributed by atoms with Crippen LogP contribution in [0, 0.1) is 0 Å². The van der Waals surface area contributed by atoms with E-state index in [-0.39, 0.29) is 23.0 Å². The number of para-hydroxylation sites is 1. The molecule has 0 amide bonds. The maximum atomic E-state index is 12.4. The van der Waals surface area contributed by atoms with Crippen molar-refractivity contribution in [3.63, 3.8) is 0 Å². The molecular weight excluding hydrogens is 382 g/mol. The molecule has 9 heteroatoms. The van der Waals surface area contributed by atoms with Crippen molar-refractivity contribution in [2.45, 2.75) is 31.3 Å². The molecular formula is C19H19N3O5S. The predicted octanol–water partition coefficient (Wildman–Crippen LogP) is 3.18. The van der Waals surface area contributed by atoms with Crippen LogP contribution >= 0.6 is 0 Å². The molecule has 0 aliphatic heterocycles. The van der Waals surface area contributed by atoms with Gasteiger partial charge in [-0.2, -0.15) is 4.98 Å². The number of rotatable bonds is 8. The molecule has 8 nitrogen and oxygen atoms in total. The van der Waals surface area contributed by atoms with Gasteiger partial charge in [0.25, 0.3) is 15.9 Å². The minimum Gasteiger partial charge on any atom is -0.452 e. The second kappa shape index (κ2) is 8.66. The highest BCUT2D eigenvalue weighted by Gasteiger charge is 2.16. The summed E-state index contributed by atoms with van der Waals surface area (Å²) in [5, 5.41) is 3.78. The fourth-order valence-electron chi connectivity index (χ4n) is 2.37. The van der Waals surface area contributed by atoms with Gasteiger partial charge in [0, 0.05) is 12.1 Å². The predicted molar refractivity (Wildman–Crippen MR) is 101 cm³/mol. The zero-order valence-electron chi connectivity index (χ0n) is 15.2. The van der Waals surface area contributed by atoms with E-state index >= 15 is 0 Å². The molecule has 0 saturated heterocycles. The lowest BCUT2D eigenvalue weighted by Crippen LogP contribution is -2.13. The van der Waals surface area contributed by atoms with E-state index < -0.39 is 16.0 Å². The van der Waals surface area contributed by atoms with Crippen molar-refractivity contribution in [1.82, 2.24) is 10.1 Å². The summed E-state index contributed by atoms with van der Waals surface area (Å²) in [6.07, 6.45) is 1.57. The van der Waals surface area contributed by atoms with Gasteiger partial charge < -0.3 is 9.26 Å². The number of hydrogen-bond acceptors (Lipinski definition) is 7.